The minimum absolute atomic E-state index is 0.0500. The Labute approximate surface area is 70.2 Å². The van der Waals surface area contributed by atoms with Gasteiger partial charge in [-0.05, 0) is 0 Å². The van der Waals surface area contributed by atoms with Gasteiger partial charge < -0.3 is 5.11 Å². The van der Waals surface area contributed by atoms with Crippen LogP contribution in [0.15, 0.2) is 24.4 Å². The third-order valence-electron chi connectivity index (χ3n) is 1.90. The summed E-state index contributed by atoms with van der Waals surface area (Å²) in [4.78, 5) is 0. The van der Waals surface area contributed by atoms with Crippen molar-refractivity contribution in [2.45, 2.75) is 6.61 Å². The quantitative estimate of drug-likeness (QED) is 0.681. The molecule has 2 aromatic rings. The first-order chi connectivity index (χ1) is 5.81. The van der Waals surface area contributed by atoms with Crippen molar-refractivity contribution < 1.29 is 5.11 Å². The zero-order valence-corrected chi connectivity index (χ0v) is 6.86. The van der Waals surface area contributed by atoms with E-state index in [1.807, 2.05) is 31.4 Å². The van der Waals surface area contributed by atoms with Crippen LogP contribution in [0.2, 0.25) is 0 Å². The van der Waals surface area contributed by atoms with Crippen LogP contribution in [-0.4, -0.2) is 14.9 Å². The van der Waals surface area contributed by atoms with Crippen molar-refractivity contribution in [3.63, 3.8) is 0 Å². The Kier molecular flexibility index (Phi) is 1.59. The molecule has 0 atom stereocenters. The molecule has 0 saturated heterocycles. The molecule has 0 aliphatic rings. The maximum Gasteiger partial charge on any atom is 0.0978 e. The number of fused-ring (bicyclic) bond motifs is 1. The Morgan fingerprint density at radius 2 is 2.33 bits per heavy atom. The lowest BCUT2D eigenvalue weighted by atomic mass is 10.1. The van der Waals surface area contributed by atoms with Gasteiger partial charge in [0.2, 0.25) is 0 Å². The maximum atomic E-state index is 9.00. The number of aryl methyl sites for hydroxylation is 1. The zero-order chi connectivity index (χ0) is 8.55. The van der Waals surface area contributed by atoms with Crippen LogP contribution in [0.3, 0.4) is 0 Å². The minimum atomic E-state index is 0.0500. The number of rotatable bonds is 1. The highest BCUT2D eigenvalue weighted by Crippen LogP contribution is 2.15. The van der Waals surface area contributed by atoms with Crippen LogP contribution in [0.1, 0.15) is 5.56 Å². The summed E-state index contributed by atoms with van der Waals surface area (Å²) in [5.41, 5.74) is 1.77. The van der Waals surface area contributed by atoms with Gasteiger partial charge in [-0.3, -0.25) is 4.68 Å². The minimum Gasteiger partial charge on any atom is -0.392 e. The molecule has 0 aliphatic carbocycles. The number of hydrogen-bond donors (Lipinski definition) is 1. The van der Waals surface area contributed by atoms with Gasteiger partial charge in [-0.15, -0.1) is 0 Å². The van der Waals surface area contributed by atoms with Crippen LogP contribution in [-0.2, 0) is 13.7 Å². The number of nitrogens with zero attached hydrogens (tertiary/aromatic N) is 2. The van der Waals surface area contributed by atoms with Gasteiger partial charge in [0.25, 0.3) is 0 Å². The fraction of sp³-hybridized carbons (Fsp3) is 0.222. The first kappa shape index (κ1) is 7.31. The molecule has 1 aromatic carbocycles. The lowest BCUT2D eigenvalue weighted by Crippen LogP contribution is -1.88. The molecular weight excluding hydrogens is 152 g/mol. The van der Waals surface area contributed by atoms with Crippen molar-refractivity contribution in [1.29, 1.82) is 0 Å². The molecule has 2 rings (SSSR count). The van der Waals surface area contributed by atoms with E-state index in [9.17, 15) is 0 Å². The van der Waals surface area contributed by atoms with Crippen molar-refractivity contribution >= 4 is 10.9 Å². The van der Waals surface area contributed by atoms with E-state index in [1.165, 1.54) is 0 Å². The number of aliphatic hydroxyl groups excluding tert-OH is 1. The Morgan fingerprint density at radius 3 is 3.08 bits per heavy atom. The summed E-state index contributed by atoms with van der Waals surface area (Å²) in [5, 5.41) is 14.3. The fourth-order valence-corrected chi connectivity index (χ4v) is 1.35. The summed E-state index contributed by atoms with van der Waals surface area (Å²) in [5.74, 6) is 0. The molecule has 3 heteroatoms. The molecule has 1 aromatic heterocycles. The van der Waals surface area contributed by atoms with Gasteiger partial charge in [0.1, 0.15) is 0 Å². The molecule has 0 unspecified atom stereocenters. The molecule has 0 saturated carbocycles. The summed E-state index contributed by atoms with van der Waals surface area (Å²) in [6.45, 7) is 0.0500. The molecule has 3 nitrogen and oxygen atoms in total. The lowest BCUT2D eigenvalue weighted by molar-refractivity contribution is 0.283. The van der Waals surface area contributed by atoms with Crippen LogP contribution in [0.5, 0.6) is 0 Å². The molecule has 0 aliphatic heterocycles. The Hall–Kier alpha value is -1.35. The van der Waals surface area contributed by atoms with Gasteiger partial charge in [-0.1, -0.05) is 18.2 Å². The molecule has 1 N–H and O–H groups in total. The molecule has 12 heavy (non-hydrogen) atoms. The SMILES string of the molecule is Cn1cc2cccc(CO)c2n1. The van der Waals surface area contributed by atoms with Crippen molar-refractivity contribution in [1.82, 2.24) is 9.78 Å². The van der Waals surface area contributed by atoms with E-state index in [2.05, 4.69) is 5.10 Å². The molecule has 62 valence electrons. The van der Waals surface area contributed by atoms with E-state index in [4.69, 9.17) is 5.11 Å². The zero-order valence-electron chi connectivity index (χ0n) is 6.86. The maximum absolute atomic E-state index is 9.00. The second-order valence-corrected chi connectivity index (χ2v) is 2.82. The number of hydrogen-bond acceptors (Lipinski definition) is 2. The summed E-state index contributed by atoms with van der Waals surface area (Å²) in [7, 11) is 1.88. The third kappa shape index (κ3) is 0.987. The molecule has 0 fully saturated rings. The van der Waals surface area contributed by atoms with Crippen molar-refractivity contribution in [2.24, 2.45) is 7.05 Å². The van der Waals surface area contributed by atoms with Crippen molar-refractivity contribution in [2.75, 3.05) is 0 Å². The van der Waals surface area contributed by atoms with E-state index in [0.29, 0.717) is 0 Å². The van der Waals surface area contributed by atoms with Gasteiger partial charge in [0.15, 0.2) is 0 Å². The van der Waals surface area contributed by atoms with Crippen molar-refractivity contribution in [3.05, 3.63) is 30.0 Å². The normalized spacial score (nSPS) is 10.8. The Bertz CT molecular complexity index is 406. The summed E-state index contributed by atoms with van der Waals surface area (Å²) in [6, 6.07) is 5.80. The first-order valence-electron chi connectivity index (χ1n) is 3.83. The van der Waals surface area contributed by atoms with Crippen LogP contribution >= 0.6 is 0 Å². The van der Waals surface area contributed by atoms with E-state index >= 15 is 0 Å². The number of aromatic nitrogens is 2. The molecular formula is C9H10N2O. The first-order valence-corrected chi connectivity index (χ1v) is 3.83. The molecule has 0 bridgehead atoms. The molecule has 1 heterocycles. The van der Waals surface area contributed by atoms with E-state index in [0.717, 1.165) is 16.5 Å². The van der Waals surface area contributed by atoms with Gasteiger partial charge in [-0.25, -0.2) is 0 Å². The predicted molar refractivity (Wildman–Crippen MR) is 46.6 cm³/mol. The second-order valence-electron chi connectivity index (χ2n) is 2.82. The number of benzene rings is 1. The van der Waals surface area contributed by atoms with Gasteiger partial charge in [0.05, 0.1) is 12.1 Å². The highest BCUT2D eigenvalue weighted by atomic mass is 16.3. The van der Waals surface area contributed by atoms with Crippen molar-refractivity contribution in [3.8, 4) is 0 Å². The summed E-state index contributed by atoms with van der Waals surface area (Å²) in [6.07, 6.45) is 1.94. The Morgan fingerprint density at radius 1 is 1.50 bits per heavy atom. The molecule has 0 radical (unpaired) electrons. The highest BCUT2D eigenvalue weighted by molar-refractivity contribution is 5.81. The fourth-order valence-electron chi connectivity index (χ4n) is 1.35. The van der Waals surface area contributed by atoms with Crippen LogP contribution < -0.4 is 0 Å². The highest BCUT2D eigenvalue weighted by Gasteiger charge is 2.02. The van der Waals surface area contributed by atoms with E-state index in [1.54, 1.807) is 4.68 Å². The summed E-state index contributed by atoms with van der Waals surface area (Å²) < 4.78 is 1.75. The second kappa shape index (κ2) is 2.60. The Balaban J connectivity index is 2.78. The third-order valence-corrected chi connectivity index (χ3v) is 1.90. The average Bonchev–Trinajstić information content (AvgIpc) is 2.44. The van der Waals surface area contributed by atoms with E-state index < -0.39 is 0 Å². The molecule has 0 amide bonds. The van der Waals surface area contributed by atoms with Crippen LogP contribution in [0.4, 0.5) is 0 Å². The lowest BCUT2D eigenvalue weighted by Gasteiger charge is -1.94. The predicted octanol–water partition coefficient (Wildman–Crippen LogP) is 1.07. The smallest absolute Gasteiger partial charge is 0.0978 e. The number of aliphatic hydroxyl groups is 1. The van der Waals surface area contributed by atoms with Gasteiger partial charge in [0, 0.05) is 24.2 Å². The largest absolute Gasteiger partial charge is 0.392 e. The van der Waals surface area contributed by atoms with E-state index in [-0.39, 0.29) is 6.61 Å². The summed E-state index contributed by atoms with van der Waals surface area (Å²) >= 11 is 0. The van der Waals surface area contributed by atoms with Gasteiger partial charge in [-0.2, -0.15) is 5.10 Å². The molecule has 0 spiro atoms. The topological polar surface area (TPSA) is 38.0 Å². The average molecular weight is 162 g/mol. The van der Waals surface area contributed by atoms with Crippen LogP contribution in [0.25, 0.3) is 10.9 Å². The monoisotopic (exact) mass is 162 g/mol. The standard InChI is InChI=1S/C9H10N2O/c1-11-5-7-3-2-4-8(6-12)9(7)10-11/h2-5,12H,6H2,1H3. The van der Waals surface area contributed by atoms with Crippen LogP contribution in [0, 0.1) is 0 Å². The van der Waals surface area contributed by atoms with Gasteiger partial charge >= 0.3 is 0 Å².